The number of hydrogen-bond acceptors (Lipinski definition) is 15. The third kappa shape index (κ3) is 12.0. The molecule has 4 fully saturated rings. The van der Waals surface area contributed by atoms with Crippen molar-refractivity contribution in [2.24, 2.45) is 16.7 Å². The summed E-state index contributed by atoms with van der Waals surface area (Å²) in [5.74, 6) is -6.13. The quantitative estimate of drug-likeness (QED) is 0.0461. The van der Waals surface area contributed by atoms with E-state index in [0.717, 1.165) is 39.0 Å². The van der Waals surface area contributed by atoms with Gasteiger partial charge in [-0.05, 0) is 115 Å². The molecular weight excluding hydrogens is 1020 g/mol. The van der Waals surface area contributed by atoms with Crippen molar-refractivity contribution in [3.8, 4) is 0 Å². The Kier molecular flexibility index (Phi) is 19.3. The Morgan fingerprint density at radius 3 is 1.88 bits per heavy atom. The predicted octanol–water partition coefficient (Wildman–Crippen LogP) is 9.65. The number of benzene rings is 2. The fourth-order valence-electron chi connectivity index (χ4n) is 12.5. The molecule has 4 N–H and O–H groups in total. The number of nitrogens with one attached hydrogen (secondary N) is 1. The molecule has 16 nitrogen and oxygen atoms in total. The second-order valence-corrected chi connectivity index (χ2v) is 22.7. The molecule has 1 saturated heterocycles. The summed E-state index contributed by atoms with van der Waals surface area (Å²) < 4.78 is 36.6. The fraction of sp³-hybridized carbons (Fsp3) is 0.500. The van der Waals surface area contributed by atoms with Gasteiger partial charge >= 0.3 is 30.0 Å². The average molecular weight is 1100 g/mol. The van der Waals surface area contributed by atoms with E-state index >= 15 is 9.59 Å². The highest BCUT2D eigenvalue weighted by Gasteiger charge is 2.89. The van der Waals surface area contributed by atoms with Crippen molar-refractivity contribution in [1.82, 2.24) is 5.32 Å². The molecule has 12 atom stereocenters. The molecule has 0 aromatic heterocycles. The number of ketones is 1. The van der Waals surface area contributed by atoms with E-state index in [9.17, 15) is 34.5 Å². The Morgan fingerprint density at radius 2 is 1.35 bits per heavy atom. The van der Waals surface area contributed by atoms with Crippen LogP contribution in [0.5, 0.6) is 0 Å². The molecule has 430 valence electrons. The fourth-order valence-corrected chi connectivity index (χ4v) is 12.5. The summed E-state index contributed by atoms with van der Waals surface area (Å²) in [7, 11) is 0. The maximum Gasteiger partial charge on any atom is 0.408 e. The van der Waals surface area contributed by atoms with Gasteiger partial charge in [-0.15, -0.1) is 0 Å². The largest absolute Gasteiger partial charge is 0.455 e. The molecule has 0 radical (unpaired) electrons. The first-order chi connectivity index (χ1) is 38.0. The average Bonchev–Trinajstić information content (AvgIpc) is 0.871. The van der Waals surface area contributed by atoms with Gasteiger partial charge in [-0.25, -0.2) is 14.4 Å². The van der Waals surface area contributed by atoms with Crippen LogP contribution in [0.3, 0.4) is 0 Å². The van der Waals surface area contributed by atoms with Gasteiger partial charge in [0.1, 0.15) is 41.2 Å². The number of ether oxygens (including phenoxy) is 6. The summed E-state index contributed by atoms with van der Waals surface area (Å²) in [4.78, 5) is 85.4. The molecule has 5 aliphatic rings. The molecule has 2 unspecified atom stereocenters. The van der Waals surface area contributed by atoms with E-state index in [0.29, 0.717) is 12.0 Å². The van der Waals surface area contributed by atoms with E-state index in [1.165, 1.54) is 32.9 Å². The van der Waals surface area contributed by atoms with Crippen molar-refractivity contribution in [3.05, 3.63) is 156 Å². The van der Waals surface area contributed by atoms with Crippen LogP contribution in [0, 0.1) is 16.7 Å². The first-order valence-electron chi connectivity index (χ1n) is 27.8. The summed E-state index contributed by atoms with van der Waals surface area (Å²) >= 11 is 0. The highest BCUT2D eigenvalue weighted by molar-refractivity contribution is 5.95. The molecule has 7 rings (SSSR count). The second kappa shape index (κ2) is 25.4. The van der Waals surface area contributed by atoms with Crippen molar-refractivity contribution in [3.63, 3.8) is 0 Å². The van der Waals surface area contributed by atoms with Gasteiger partial charge in [0, 0.05) is 26.2 Å². The summed E-state index contributed by atoms with van der Waals surface area (Å²) in [5, 5.41) is 40.7. The van der Waals surface area contributed by atoms with Gasteiger partial charge in [0.15, 0.2) is 11.4 Å². The highest BCUT2D eigenvalue weighted by Crippen LogP contribution is 2.78. The number of hydrogen-bond donors (Lipinski definition) is 4. The van der Waals surface area contributed by atoms with Crippen LogP contribution in [-0.2, 0) is 47.6 Å². The van der Waals surface area contributed by atoms with E-state index in [1.54, 1.807) is 69.3 Å². The van der Waals surface area contributed by atoms with Crippen LogP contribution in [0.25, 0.3) is 0 Å². The number of carbonyl (C=O) groups is 6. The van der Waals surface area contributed by atoms with E-state index in [-0.39, 0.29) is 42.6 Å². The number of aliphatic hydroxyl groups excluding tert-OH is 2. The SMILES string of the molecule is CC/C=C\C/C=C\C/C=C\C/C=C\C/C=C\C/C=C\CCC(=O)O[C@@H](C(=O)OC12C[C@@]3(O)[C@@H](OC(=O)c4ccccc4)[C@@H]4[C@]5(OC(C)=O)CO[C@@H]5C[C@H](O)[C@@]4(C)C(=O)[C@H](O)C(=C1C)[C@]23C)C(NC(=O)OC(C)(C)C)c1ccccc1. The third-order valence-corrected chi connectivity index (χ3v) is 16.5. The lowest BCUT2D eigenvalue weighted by Gasteiger charge is -2.78. The van der Waals surface area contributed by atoms with Crippen molar-refractivity contribution in [2.75, 3.05) is 6.61 Å². The van der Waals surface area contributed by atoms with Crippen LogP contribution in [0.15, 0.2) is 145 Å². The molecular formula is C64H79NO15. The van der Waals surface area contributed by atoms with Crippen molar-refractivity contribution < 1.29 is 72.5 Å². The highest BCUT2D eigenvalue weighted by atomic mass is 16.6. The minimum atomic E-state index is -2.33. The number of alkyl carbamates (subject to hydrolysis) is 1. The lowest BCUT2D eigenvalue weighted by atomic mass is 9.30. The zero-order valence-electron chi connectivity index (χ0n) is 47.3. The molecule has 4 aliphatic carbocycles. The van der Waals surface area contributed by atoms with Gasteiger partial charge in [0.05, 0.1) is 35.0 Å². The lowest BCUT2D eigenvalue weighted by molar-refractivity contribution is -0.376. The minimum Gasteiger partial charge on any atom is -0.455 e. The molecule has 80 heavy (non-hydrogen) atoms. The molecule has 1 amide bonds. The third-order valence-electron chi connectivity index (χ3n) is 16.5. The molecule has 1 heterocycles. The number of fused-ring (bicyclic) bond motifs is 3. The Labute approximate surface area is 469 Å². The van der Waals surface area contributed by atoms with Gasteiger partial charge in [-0.1, -0.05) is 128 Å². The van der Waals surface area contributed by atoms with Gasteiger partial charge in [0.25, 0.3) is 0 Å². The van der Waals surface area contributed by atoms with Crippen LogP contribution in [0.4, 0.5) is 4.79 Å². The Hall–Kier alpha value is -6.72. The van der Waals surface area contributed by atoms with Crippen LogP contribution >= 0.6 is 0 Å². The maximum atomic E-state index is 15.3. The molecule has 2 aromatic rings. The van der Waals surface area contributed by atoms with E-state index in [2.05, 4.69) is 66.9 Å². The minimum absolute atomic E-state index is 0.0402. The van der Waals surface area contributed by atoms with Crippen LogP contribution in [0.2, 0.25) is 0 Å². The molecule has 3 saturated carbocycles. The molecule has 2 aromatic carbocycles. The monoisotopic (exact) mass is 1100 g/mol. The Balaban J connectivity index is 1.15. The van der Waals surface area contributed by atoms with E-state index in [4.69, 9.17) is 28.4 Å². The zero-order valence-corrected chi connectivity index (χ0v) is 47.3. The summed E-state index contributed by atoms with van der Waals surface area (Å²) in [6, 6.07) is 14.8. The zero-order chi connectivity index (χ0) is 58.1. The summed E-state index contributed by atoms with van der Waals surface area (Å²) in [6.07, 6.45) is 20.2. The standard InChI is InChI=1S/C64H79NO15/c1-9-10-11-12-13-14-15-16-17-18-19-20-21-22-23-24-25-26-33-38-48(68)76-52(50(44-34-29-27-30-35-44)65-58(73)80-59(4,5)6)57(72)79-64-40-63(74)55(77-56(71)45-36-31-28-32-37-45)53-60(7,54(70)51(69)49(42(64)2)61(63,64)8)46(67)39-47-62(53,41-75-47)78-43(3)66/h10-11,13-14,16-17,19-20,22-23,25-32,34-37,46-47,50-53,55,67,69,74H,9,12,15,18,21,24,33,38-41H2,1-8H3,(H,65,73)/b11-10-,14-13-,17-16-,20-19-,23-22-,26-25-/t46-,47+,50?,51+,52+,53-,55-,60+,61-,62-,63+,64?/m0/s1. The number of aliphatic hydroxyl groups is 3. The Morgan fingerprint density at radius 1 is 0.800 bits per heavy atom. The summed E-state index contributed by atoms with van der Waals surface area (Å²) in [6.45, 7) is 12.4. The second-order valence-electron chi connectivity index (χ2n) is 22.7. The Bertz CT molecular complexity index is 2810. The normalized spacial score (nSPS) is 30.6. The lowest BCUT2D eigenvalue weighted by Crippen LogP contribution is -2.90. The van der Waals surface area contributed by atoms with Gasteiger partial charge in [-0.3, -0.25) is 14.4 Å². The van der Waals surface area contributed by atoms with Crippen LogP contribution in [-0.4, -0.2) is 111 Å². The number of carbonyl (C=O) groups excluding carboxylic acids is 6. The molecule has 0 spiro atoms. The topological polar surface area (TPSA) is 231 Å². The number of rotatable bonds is 23. The van der Waals surface area contributed by atoms with E-state index < -0.39 is 118 Å². The summed E-state index contributed by atoms with van der Waals surface area (Å²) in [5.41, 5.74) is -10.4. The molecule has 16 heteroatoms. The van der Waals surface area contributed by atoms with Gasteiger partial charge in [-0.2, -0.15) is 0 Å². The van der Waals surface area contributed by atoms with Gasteiger partial charge < -0.3 is 49.1 Å². The first kappa shape index (κ1) is 60.9. The van der Waals surface area contributed by atoms with Crippen molar-refractivity contribution in [2.45, 2.75) is 179 Å². The number of allylic oxidation sites excluding steroid dienone is 12. The van der Waals surface area contributed by atoms with Crippen LogP contribution in [0.1, 0.15) is 142 Å². The van der Waals surface area contributed by atoms with Crippen molar-refractivity contribution in [1.29, 1.82) is 0 Å². The number of amides is 1. The van der Waals surface area contributed by atoms with Crippen molar-refractivity contribution >= 4 is 35.8 Å². The van der Waals surface area contributed by atoms with Crippen LogP contribution < -0.4 is 5.32 Å². The number of esters is 4. The smallest absolute Gasteiger partial charge is 0.408 e. The first-order valence-corrected chi connectivity index (χ1v) is 27.8. The van der Waals surface area contributed by atoms with E-state index in [1.807, 2.05) is 18.2 Å². The molecule has 0 bridgehead atoms. The predicted molar refractivity (Wildman–Crippen MR) is 298 cm³/mol. The number of Topliss-reactive ketones (excluding diaryl/α,β-unsaturated/α-hetero) is 1. The molecule has 1 aliphatic heterocycles. The maximum absolute atomic E-state index is 15.3. The van der Waals surface area contributed by atoms with Gasteiger partial charge in [0.2, 0.25) is 6.10 Å².